The van der Waals surface area contributed by atoms with Crippen LogP contribution in [0.25, 0.3) is 11.0 Å². The van der Waals surface area contributed by atoms with E-state index in [1.807, 2.05) is 67.6 Å². The van der Waals surface area contributed by atoms with E-state index in [-0.39, 0.29) is 23.9 Å². The molecule has 1 saturated heterocycles. The number of benzene rings is 2. The highest BCUT2D eigenvalue weighted by Gasteiger charge is 2.23. The molecule has 1 fully saturated rings. The molecule has 1 aliphatic rings. The Labute approximate surface area is 176 Å². The molecule has 156 valence electrons. The molecule has 1 unspecified atom stereocenters. The van der Waals surface area contributed by atoms with Gasteiger partial charge in [-0.25, -0.2) is 0 Å². The zero-order chi connectivity index (χ0) is 20.9. The monoisotopic (exact) mass is 405 g/mol. The van der Waals surface area contributed by atoms with Gasteiger partial charge < -0.3 is 15.1 Å². The van der Waals surface area contributed by atoms with Crippen LogP contribution in [0.4, 0.5) is 0 Å². The van der Waals surface area contributed by atoms with Crippen LogP contribution in [0.15, 0.2) is 65.1 Å². The van der Waals surface area contributed by atoms with Gasteiger partial charge in [-0.05, 0) is 44.0 Å². The third kappa shape index (κ3) is 4.89. The van der Waals surface area contributed by atoms with E-state index >= 15 is 0 Å². The molecule has 2 N–H and O–H groups in total. The van der Waals surface area contributed by atoms with Crippen molar-refractivity contribution in [2.45, 2.75) is 31.8 Å². The van der Waals surface area contributed by atoms with Gasteiger partial charge in [0.15, 0.2) is 0 Å². The smallest absolute Gasteiger partial charge is 0.251 e. The second-order valence-corrected chi connectivity index (χ2v) is 7.87. The molecular weight excluding hydrogens is 378 g/mol. The minimum Gasteiger partial charge on any atom is -0.459 e. The van der Waals surface area contributed by atoms with Gasteiger partial charge in [-0.15, -0.1) is 0 Å². The SMILES string of the molecule is CC(NC(=O)CN1CCC(NC(=O)c2ccccc2)CC1)c1cc2ccccc2o1. The third-order valence-corrected chi connectivity index (χ3v) is 5.57. The average Bonchev–Trinajstić information content (AvgIpc) is 3.20. The topological polar surface area (TPSA) is 74.6 Å². The second kappa shape index (κ2) is 9.13. The predicted octanol–water partition coefficient (Wildman–Crippen LogP) is 3.50. The van der Waals surface area contributed by atoms with E-state index in [2.05, 4.69) is 15.5 Å². The summed E-state index contributed by atoms with van der Waals surface area (Å²) in [6.45, 7) is 3.85. The fraction of sp³-hybridized carbons (Fsp3) is 0.333. The van der Waals surface area contributed by atoms with Crippen molar-refractivity contribution in [3.05, 3.63) is 72.0 Å². The lowest BCUT2D eigenvalue weighted by Gasteiger charge is -2.32. The van der Waals surface area contributed by atoms with Gasteiger partial charge >= 0.3 is 0 Å². The van der Waals surface area contributed by atoms with E-state index in [4.69, 9.17) is 4.42 Å². The number of furan rings is 1. The normalized spacial score (nSPS) is 16.3. The molecule has 0 radical (unpaired) electrons. The number of amides is 2. The molecular formula is C24H27N3O3. The molecule has 3 aromatic rings. The fourth-order valence-corrected chi connectivity index (χ4v) is 3.87. The number of carbonyl (C=O) groups is 2. The largest absolute Gasteiger partial charge is 0.459 e. The van der Waals surface area contributed by atoms with Gasteiger partial charge in [0.25, 0.3) is 5.91 Å². The lowest BCUT2D eigenvalue weighted by atomic mass is 10.0. The molecule has 30 heavy (non-hydrogen) atoms. The summed E-state index contributed by atoms with van der Waals surface area (Å²) in [5, 5.41) is 7.16. The molecule has 6 heteroatoms. The highest BCUT2D eigenvalue weighted by Crippen LogP contribution is 2.23. The van der Waals surface area contributed by atoms with Crippen LogP contribution in [-0.4, -0.2) is 42.4 Å². The highest BCUT2D eigenvalue weighted by atomic mass is 16.3. The van der Waals surface area contributed by atoms with Crippen LogP contribution < -0.4 is 10.6 Å². The van der Waals surface area contributed by atoms with Crippen molar-refractivity contribution in [3.63, 3.8) is 0 Å². The number of piperidine rings is 1. The molecule has 2 heterocycles. The lowest BCUT2D eigenvalue weighted by molar-refractivity contribution is -0.123. The van der Waals surface area contributed by atoms with E-state index in [1.165, 1.54) is 0 Å². The van der Waals surface area contributed by atoms with Gasteiger partial charge in [0.05, 0.1) is 12.6 Å². The first-order chi connectivity index (χ1) is 14.6. The van der Waals surface area contributed by atoms with Gasteiger partial charge in [0.2, 0.25) is 5.91 Å². The van der Waals surface area contributed by atoms with E-state index in [0.717, 1.165) is 42.7 Å². The predicted molar refractivity (Wildman–Crippen MR) is 116 cm³/mol. The highest BCUT2D eigenvalue weighted by molar-refractivity contribution is 5.94. The Morgan fingerprint density at radius 1 is 1.07 bits per heavy atom. The molecule has 1 atom stereocenters. The third-order valence-electron chi connectivity index (χ3n) is 5.57. The second-order valence-electron chi connectivity index (χ2n) is 7.87. The molecule has 1 aliphatic heterocycles. The Kier molecular flexibility index (Phi) is 6.14. The molecule has 0 spiro atoms. The Hall–Kier alpha value is -3.12. The number of carbonyl (C=O) groups excluding carboxylic acids is 2. The number of likely N-dealkylation sites (tertiary alicyclic amines) is 1. The van der Waals surface area contributed by atoms with Crippen molar-refractivity contribution < 1.29 is 14.0 Å². The van der Waals surface area contributed by atoms with E-state index in [1.54, 1.807) is 0 Å². The van der Waals surface area contributed by atoms with Crippen LogP contribution in [-0.2, 0) is 4.79 Å². The summed E-state index contributed by atoms with van der Waals surface area (Å²) in [6.07, 6.45) is 1.68. The number of hydrogen-bond acceptors (Lipinski definition) is 4. The summed E-state index contributed by atoms with van der Waals surface area (Å²) < 4.78 is 5.84. The minimum atomic E-state index is -0.187. The van der Waals surface area contributed by atoms with Crippen molar-refractivity contribution in [1.82, 2.24) is 15.5 Å². The van der Waals surface area contributed by atoms with E-state index < -0.39 is 0 Å². The number of hydrogen-bond donors (Lipinski definition) is 2. The van der Waals surface area contributed by atoms with Crippen molar-refractivity contribution in [1.29, 1.82) is 0 Å². The molecule has 0 aliphatic carbocycles. The van der Waals surface area contributed by atoms with Crippen LogP contribution >= 0.6 is 0 Å². The zero-order valence-electron chi connectivity index (χ0n) is 17.1. The Morgan fingerprint density at radius 3 is 2.50 bits per heavy atom. The minimum absolute atomic E-state index is 0.0188. The van der Waals surface area contributed by atoms with Crippen molar-refractivity contribution in [2.24, 2.45) is 0 Å². The summed E-state index contributed by atoms with van der Waals surface area (Å²) in [7, 11) is 0. The van der Waals surface area contributed by atoms with Crippen LogP contribution in [0.3, 0.4) is 0 Å². The van der Waals surface area contributed by atoms with Crippen molar-refractivity contribution in [2.75, 3.05) is 19.6 Å². The number of nitrogens with zero attached hydrogens (tertiary/aromatic N) is 1. The van der Waals surface area contributed by atoms with Gasteiger partial charge in [-0.2, -0.15) is 0 Å². The lowest BCUT2D eigenvalue weighted by Crippen LogP contribution is -2.47. The number of para-hydroxylation sites is 1. The molecule has 2 aromatic carbocycles. The fourth-order valence-electron chi connectivity index (χ4n) is 3.87. The summed E-state index contributed by atoms with van der Waals surface area (Å²) in [4.78, 5) is 26.9. The Morgan fingerprint density at radius 2 is 1.77 bits per heavy atom. The van der Waals surface area contributed by atoms with Crippen molar-refractivity contribution in [3.8, 4) is 0 Å². The molecule has 0 saturated carbocycles. The first-order valence-electron chi connectivity index (χ1n) is 10.4. The van der Waals surface area contributed by atoms with E-state index in [0.29, 0.717) is 12.1 Å². The van der Waals surface area contributed by atoms with Crippen molar-refractivity contribution >= 4 is 22.8 Å². The molecule has 4 rings (SSSR count). The summed E-state index contributed by atoms with van der Waals surface area (Å²) in [5.74, 6) is 0.702. The van der Waals surface area contributed by atoms with E-state index in [9.17, 15) is 9.59 Å². The summed E-state index contributed by atoms with van der Waals surface area (Å²) >= 11 is 0. The molecule has 6 nitrogen and oxygen atoms in total. The Balaban J connectivity index is 1.22. The zero-order valence-corrected chi connectivity index (χ0v) is 17.1. The maximum Gasteiger partial charge on any atom is 0.251 e. The van der Waals surface area contributed by atoms with Crippen LogP contribution in [0.5, 0.6) is 0 Å². The van der Waals surface area contributed by atoms with Gasteiger partial charge in [0.1, 0.15) is 11.3 Å². The molecule has 2 amide bonds. The maximum atomic E-state index is 12.5. The first-order valence-corrected chi connectivity index (χ1v) is 10.4. The van der Waals surface area contributed by atoms with Gasteiger partial charge in [-0.3, -0.25) is 14.5 Å². The van der Waals surface area contributed by atoms with Crippen LogP contribution in [0, 0.1) is 0 Å². The summed E-state index contributed by atoms with van der Waals surface area (Å²) in [6, 6.07) is 19.0. The van der Waals surface area contributed by atoms with Crippen LogP contribution in [0.1, 0.15) is 41.9 Å². The maximum absolute atomic E-state index is 12.5. The van der Waals surface area contributed by atoms with Crippen LogP contribution in [0.2, 0.25) is 0 Å². The number of fused-ring (bicyclic) bond motifs is 1. The van der Waals surface area contributed by atoms with Gasteiger partial charge in [0, 0.05) is 30.1 Å². The number of nitrogens with one attached hydrogen (secondary N) is 2. The standard InChI is InChI=1S/C24H27N3O3/c1-17(22-15-19-9-5-6-10-21(19)30-22)25-23(28)16-27-13-11-20(12-14-27)26-24(29)18-7-3-2-4-8-18/h2-10,15,17,20H,11-14,16H2,1H3,(H,25,28)(H,26,29). The first kappa shape index (κ1) is 20.2. The quantitative estimate of drug-likeness (QED) is 0.658. The molecule has 1 aromatic heterocycles. The summed E-state index contributed by atoms with van der Waals surface area (Å²) in [5.41, 5.74) is 1.51. The average molecular weight is 405 g/mol. The molecule has 0 bridgehead atoms. The van der Waals surface area contributed by atoms with Gasteiger partial charge in [-0.1, -0.05) is 36.4 Å². The number of rotatable bonds is 6. The Bertz CT molecular complexity index is 974.